The second kappa shape index (κ2) is 7.94. The van der Waals surface area contributed by atoms with Crippen LogP contribution in [0.15, 0.2) is 48.5 Å². The summed E-state index contributed by atoms with van der Waals surface area (Å²) in [6.45, 7) is 0.137. The molecule has 0 saturated carbocycles. The standard InChI is InChI=1S/C20H17F3N2O4/c1-12(25-18(27)15-4-2-3-5-16(15)19(25)28)17(26)24-10-13-6-8-14(9-7-13)29-11-20(21,22)23/h2-9,12H,10-11H2,1H3,(H,24,26). The van der Waals surface area contributed by atoms with Gasteiger partial charge in [0.25, 0.3) is 11.8 Å². The van der Waals surface area contributed by atoms with E-state index in [0.29, 0.717) is 5.56 Å². The molecule has 9 heteroatoms. The summed E-state index contributed by atoms with van der Waals surface area (Å²) in [7, 11) is 0. The lowest BCUT2D eigenvalue weighted by molar-refractivity contribution is -0.153. The molecule has 3 amide bonds. The van der Waals surface area contributed by atoms with Crippen molar-refractivity contribution in [3.05, 3.63) is 65.2 Å². The van der Waals surface area contributed by atoms with Crippen LogP contribution in [0.5, 0.6) is 5.75 Å². The summed E-state index contributed by atoms with van der Waals surface area (Å²) in [6.07, 6.45) is -4.42. The number of carbonyl (C=O) groups is 3. The van der Waals surface area contributed by atoms with Gasteiger partial charge < -0.3 is 10.1 Å². The summed E-state index contributed by atoms with van der Waals surface area (Å²) in [5, 5.41) is 2.61. The van der Waals surface area contributed by atoms with Crippen LogP contribution in [-0.4, -0.2) is 41.4 Å². The van der Waals surface area contributed by atoms with E-state index < -0.39 is 36.5 Å². The molecule has 0 bridgehead atoms. The lowest BCUT2D eigenvalue weighted by Crippen LogP contribution is -2.47. The zero-order valence-corrected chi connectivity index (χ0v) is 15.3. The summed E-state index contributed by atoms with van der Waals surface area (Å²) in [5.74, 6) is -1.53. The number of carbonyl (C=O) groups excluding carboxylic acids is 3. The number of imide groups is 1. The van der Waals surface area contributed by atoms with Gasteiger partial charge in [0.05, 0.1) is 11.1 Å². The Labute approximate surface area is 164 Å². The summed E-state index contributed by atoms with van der Waals surface area (Å²) in [6, 6.07) is 11.1. The number of ether oxygens (including phenoxy) is 1. The Bertz CT molecular complexity index is 906. The SMILES string of the molecule is CC(C(=O)NCc1ccc(OCC(F)(F)F)cc1)N1C(=O)c2ccccc2C1=O. The van der Waals surface area contributed by atoms with Crippen LogP contribution in [0.1, 0.15) is 33.2 Å². The highest BCUT2D eigenvalue weighted by Crippen LogP contribution is 2.24. The van der Waals surface area contributed by atoms with Crippen LogP contribution in [0.3, 0.4) is 0 Å². The van der Waals surface area contributed by atoms with Crippen LogP contribution >= 0.6 is 0 Å². The molecule has 0 radical (unpaired) electrons. The summed E-state index contributed by atoms with van der Waals surface area (Å²) < 4.78 is 41.1. The number of hydrogen-bond donors (Lipinski definition) is 1. The normalized spacial score (nSPS) is 14.6. The Morgan fingerprint density at radius 3 is 2.10 bits per heavy atom. The molecule has 0 aliphatic carbocycles. The lowest BCUT2D eigenvalue weighted by Gasteiger charge is -2.21. The van der Waals surface area contributed by atoms with Gasteiger partial charge in [-0.2, -0.15) is 13.2 Å². The number of hydrogen-bond acceptors (Lipinski definition) is 4. The number of halogens is 3. The Kier molecular flexibility index (Phi) is 5.58. The number of fused-ring (bicyclic) bond motifs is 1. The van der Waals surface area contributed by atoms with Gasteiger partial charge in [0.1, 0.15) is 11.8 Å². The van der Waals surface area contributed by atoms with E-state index in [1.54, 1.807) is 12.1 Å². The molecule has 152 valence electrons. The van der Waals surface area contributed by atoms with Crippen molar-refractivity contribution in [1.29, 1.82) is 0 Å². The summed E-state index contributed by atoms with van der Waals surface area (Å²) >= 11 is 0. The van der Waals surface area contributed by atoms with Crippen molar-refractivity contribution in [2.75, 3.05) is 6.61 Å². The quantitative estimate of drug-likeness (QED) is 0.749. The third-order valence-electron chi connectivity index (χ3n) is 4.38. The fourth-order valence-corrected chi connectivity index (χ4v) is 2.88. The molecule has 0 fully saturated rings. The van der Waals surface area contributed by atoms with Gasteiger partial charge in [-0.1, -0.05) is 24.3 Å². The minimum absolute atomic E-state index is 0.0526. The largest absolute Gasteiger partial charge is 0.484 e. The van der Waals surface area contributed by atoms with Crippen molar-refractivity contribution < 1.29 is 32.3 Å². The molecule has 3 rings (SSSR count). The van der Waals surface area contributed by atoms with Crippen LogP contribution in [0, 0.1) is 0 Å². The maximum Gasteiger partial charge on any atom is 0.422 e. The monoisotopic (exact) mass is 406 g/mol. The lowest BCUT2D eigenvalue weighted by atomic mass is 10.1. The fourth-order valence-electron chi connectivity index (χ4n) is 2.88. The van der Waals surface area contributed by atoms with Gasteiger partial charge >= 0.3 is 6.18 Å². The number of rotatable bonds is 6. The first-order valence-electron chi connectivity index (χ1n) is 8.70. The van der Waals surface area contributed by atoms with E-state index in [-0.39, 0.29) is 23.4 Å². The van der Waals surface area contributed by atoms with Gasteiger partial charge in [-0.15, -0.1) is 0 Å². The Morgan fingerprint density at radius 1 is 1.03 bits per heavy atom. The third kappa shape index (κ3) is 4.56. The predicted molar refractivity (Wildman–Crippen MR) is 96.2 cm³/mol. The van der Waals surface area contributed by atoms with E-state index in [0.717, 1.165) is 4.90 Å². The molecule has 1 aliphatic heterocycles. The molecule has 1 aliphatic rings. The molecule has 2 aromatic rings. The van der Waals surface area contributed by atoms with Crippen LogP contribution in [0.4, 0.5) is 13.2 Å². The first-order chi connectivity index (χ1) is 13.7. The molecule has 2 aromatic carbocycles. The Hall–Kier alpha value is -3.36. The smallest absolute Gasteiger partial charge is 0.422 e. The van der Waals surface area contributed by atoms with Gasteiger partial charge in [-0.05, 0) is 36.8 Å². The average molecular weight is 406 g/mol. The van der Waals surface area contributed by atoms with Gasteiger partial charge in [-0.3, -0.25) is 19.3 Å². The minimum atomic E-state index is -4.42. The van der Waals surface area contributed by atoms with Crippen molar-refractivity contribution in [3.63, 3.8) is 0 Å². The van der Waals surface area contributed by atoms with Crippen molar-refractivity contribution in [2.45, 2.75) is 25.7 Å². The number of alkyl halides is 3. The average Bonchev–Trinajstić information content (AvgIpc) is 2.95. The van der Waals surface area contributed by atoms with E-state index in [9.17, 15) is 27.6 Å². The number of nitrogens with zero attached hydrogens (tertiary/aromatic N) is 1. The van der Waals surface area contributed by atoms with Crippen LogP contribution in [0.25, 0.3) is 0 Å². The zero-order valence-electron chi connectivity index (χ0n) is 15.3. The highest BCUT2D eigenvalue weighted by molar-refractivity contribution is 6.22. The van der Waals surface area contributed by atoms with Crippen LogP contribution in [0.2, 0.25) is 0 Å². The van der Waals surface area contributed by atoms with Gasteiger partial charge in [-0.25, -0.2) is 0 Å². The van der Waals surface area contributed by atoms with E-state index in [2.05, 4.69) is 10.1 Å². The topological polar surface area (TPSA) is 75.7 Å². The molecule has 1 unspecified atom stereocenters. The number of benzene rings is 2. The molecule has 6 nitrogen and oxygen atoms in total. The Morgan fingerprint density at radius 2 is 1.59 bits per heavy atom. The predicted octanol–water partition coefficient (Wildman–Crippen LogP) is 2.93. The van der Waals surface area contributed by atoms with Crippen molar-refractivity contribution in [2.24, 2.45) is 0 Å². The Balaban J connectivity index is 1.57. The van der Waals surface area contributed by atoms with E-state index in [4.69, 9.17) is 0 Å². The molecular formula is C20H17F3N2O4. The minimum Gasteiger partial charge on any atom is -0.484 e. The van der Waals surface area contributed by atoms with Crippen LogP contribution in [-0.2, 0) is 11.3 Å². The van der Waals surface area contributed by atoms with Crippen LogP contribution < -0.4 is 10.1 Å². The molecule has 0 spiro atoms. The number of amides is 3. The molecule has 0 saturated heterocycles. The number of nitrogens with one attached hydrogen (secondary N) is 1. The zero-order chi connectivity index (χ0) is 21.2. The van der Waals surface area contributed by atoms with Crippen molar-refractivity contribution in [1.82, 2.24) is 10.2 Å². The highest BCUT2D eigenvalue weighted by Gasteiger charge is 2.40. The summed E-state index contributed by atoms with van der Waals surface area (Å²) in [4.78, 5) is 38.2. The molecular weight excluding hydrogens is 389 g/mol. The van der Waals surface area contributed by atoms with Gasteiger partial charge in [0, 0.05) is 6.54 Å². The molecule has 1 atom stereocenters. The van der Waals surface area contributed by atoms with Crippen molar-refractivity contribution in [3.8, 4) is 5.75 Å². The van der Waals surface area contributed by atoms with E-state index >= 15 is 0 Å². The maximum absolute atomic E-state index is 12.4. The van der Waals surface area contributed by atoms with E-state index in [1.165, 1.54) is 43.3 Å². The molecule has 1 N–H and O–H groups in total. The second-order valence-corrected chi connectivity index (χ2v) is 6.47. The van der Waals surface area contributed by atoms with Gasteiger partial charge in [0.15, 0.2) is 6.61 Å². The molecule has 29 heavy (non-hydrogen) atoms. The maximum atomic E-state index is 12.4. The fraction of sp³-hybridized carbons (Fsp3) is 0.250. The first-order valence-corrected chi connectivity index (χ1v) is 8.70. The van der Waals surface area contributed by atoms with Gasteiger partial charge in [0.2, 0.25) is 5.91 Å². The first kappa shape index (κ1) is 20.4. The molecule has 1 heterocycles. The second-order valence-electron chi connectivity index (χ2n) is 6.47. The third-order valence-corrected chi connectivity index (χ3v) is 4.38. The van der Waals surface area contributed by atoms with Crippen molar-refractivity contribution >= 4 is 17.7 Å². The van der Waals surface area contributed by atoms with E-state index in [1.807, 2.05) is 0 Å². The summed E-state index contributed by atoms with van der Waals surface area (Å²) in [5.41, 5.74) is 1.13. The highest BCUT2D eigenvalue weighted by atomic mass is 19.4. The molecule has 0 aromatic heterocycles.